The molecule has 1 atom stereocenters. The Morgan fingerprint density at radius 1 is 1.38 bits per heavy atom. The lowest BCUT2D eigenvalue weighted by atomic mass is 9.69. The number of rotatable bonds is 5. The van der Waals surface area contributed by atoms with Crippen LogP contribution in [0.1, 0.15) is 77.5 Å². The lowest BCUT2D eigenvalue weighted by Crippen LogP contribution is -2.26. The summed E-state index contributed by atoms with van der Waals surface area (Å²) in [5, 5.41) is 17.3. The molecule has 1 aliphatic carbocycles. The Morgan fingerprint density at radius 2 is 2.10 bits per heavy atom. The standard InChI is InChI=1S/C16H26N2O3/c1-15(2,10-13(19)20)9-12-17-18-14(21-12)11-7-5-6-8-16(11,3)4/h11H,5-10H2,1-4H3,(H,19,20). The van der Waals surface area contributed by atoms with Gasteiger partial charge in [-0.25, -0.2) is 0 Å². The van der Waals surface area contributed by atoms with E-state index >= 15 is 0 Å². The number of aliphatic carboxylic acids is 1. The van der Waals surface area contributed by atoms with Crippen molar-refractivity contribution in [2.24, 2.45) is 10.8 Å². The van der Waals surface area contributed by atoms with Crippen LogP contribution >= 0.6 is 0 Å². The molecule has 2 rings (SSSR count). The first kappa shape index (κ1) is 16.0. The zero-order valence-electron chi connectivity index (χ0n) is 13.5. The minimum Gasteiger partial charge on any atom is -0.481 e. The van der Waals surface area contributed by atoms with Crippen LogP contribution in [-0.2, 0) is 11.2 Å². The highest BCUT2D eigenvalue weighted by atomic mass is 16.4. The molecular weight excluding hydrogens is 268 g/mol. The minimum absolute atomic E-state index is 0.0969. The molecule has 0 spiro atoms. The van der Waals surface area contributed by atoms with Crippen molar-refractivity contribution in [2.45, 2.75) is 72.1 Å². The first-order valence-electron chi connectivity index (χ1n) is 7.74. The Labute approximate surface area is 126 Å². The first-order valence-corrected chi connectivity index (χ1v) is 7.74. The lowest BCUT2D eigenvalue weighted by Gasteiger charge is -2.36. The molecule has 1 aromatic heterocycles. The van der Waals surface area contributed by atoms with Gasteiger partial charge < -0.3 is 9.52 Å². The summed E-state index contributed by atoms with van der Waals surface area (Å²) in [6.07, 6.45) is 5.33. The van der Waals surface area contributed by atoms with Crippen molar-refractivity contribution in [3.63, 3.8) is 0 Å². The molecule has 1 heterocycles. The van der Waals surface area contributed by atoms with E-state index in [1.807, 2.05) is 13.8 Å². The quantitative estimate of drug-likeness (QED) is 0.894. The number of carbonyl (C=O) groups is 1. The molecular formula is C16H26N2O3. The highest BCUT2D eigenvalue weighted by Crippen LogP contribution is 2.46. The average Bonchev–Trinajstić information content (AvgIpc) is 2.73. The van der Waals surface area contributed by atoms with Crippen LogP contribution in [0, 0.1) is 10.8 Å². The van der Waals surface area contributed by atoms with Gasteiger partial charge in [0.15, 0.2) is 0 Å². The Bertz CT molecular complexity index is 505. The highest BCUT2D eigenvalue weighted by molar-refractivity contribution is 5.67. The predicted octanol–water partition coefficient (Wildman–Crippen LogP) is 3.80. The van der Waals surface area contributed by atoms with Crippen LogP contribution in [0.25, 0.3) is 0 Å². The van der Waals surface area contributed by atoms with E-state index < -0.39 is 5.97 Å². The predicted molar refractivity (Wildman–Crippen MR) is 79.0 cm³/mol. The molecule has 0 aromatic carbocycles. The number of carboxylic acids is 1. The molecule has 0 saturated heterocycles. The van der Waals surface area contributed by atoms with Crippen LogP contribution in [-0.4, -0.2) is 21.3 Å². The fourth-order valence-corrected chi connectivity index (χ4v) is 3.31. The Kier molecular flexibility index (Phi) is 4.40. The van der Waals surface area contributed by atoms with Gasteiger partial charge in [0.25, 0.3) is 0 Å². The average molecular weight is 294 g/mol. The molecule has 0 radical (unpaired) electrons. The molecule has 5 heteroatoms. The second-order valence-corrected chi connectivity index (χ2v) is 7.73. The van der Waals surface area contributed by atoms with Crippen LogP contribution in [0.3, 0.4) is 0 Å². The molecule has 1 aliphatic rings. The van der Waals surface area contributed by atoms with Gasteiger partial charge in [-0.15, -0.1) is 10.2 Å². The fourth-order valence-electron chi connectivity index (χ4n) is 3.31. The summed E-state index contributed by atoms with van der Waals surface area (Å²) >= 11 is 0. The summed E-state index contributed by atoms with van der Waals surface area (Å²) in [5.74, 6) is 0.793. The maximum atomic E-state index is 10.9. The highest BCUT2D eigenvalue weighted by Gasteiger charge is 2.37. The molecule has 0 amide bonds. The van der Waals surface area contributed by atoms with Crippen molar-refractivity contribution < 1.29 is 14.3 Å². The van der Waals surface area contributed by atoms with Crippen molar-refractivity contribution in [1.82, 2.24) is 10.2 Å². The third-order valence-corrected chi connectivity index (χ3v) is 4.55. The van der Waals surface area contributed by atoms with Gasteiger partial charge in [-0.3, -0.25) is 4.79 Å². The third-order valence-electron chi connectivity index (χ3n) is 4.55. The Balaban J connectivity index is 2.09. The van der Waals surface area contributed by atoms with Crippen LogP contribution in [0.15, 0.2) is 4.42 Å². The molecule has 1 N–H and O–H groups in total. The van der Waals surface area contributed by atoms with E-state index in [1.54, 1.807) is 0 Å². The Hall–Kier alpha value is -1.39. The van der Waals surface area contributed by atoms with E-state index in [0.29, 0.717) is 18.2 Å². The van der Waals surface area contributed by atoms with Crippen molar-refractivity contribution in [3.05, 3.63) is 11.8 Å². The number of carboxylic acid groups (broad SMARTS) is 1. The molecule has 1 unspecified atom stereocenters. The van der Waals surface area contributed by atoms with Gasteiger partial charge in [0, 0.05) is 12.3 Å². The summed E-state index contributed by atoms with van der Waals surface area (Å²) in [5.41, 5.74) is -0.184. The van der Waals surface area contributed by atoms with Gasteiger partial charge in [-0.05, 0) is 23.7 Å². The van der Waals surface area contributed by atoms with Crippen LogP contribution in [0.5, 0.6) is 0 Å². The zero-order valence-corrected chi connectivity index (χ0v) is 13.5. The number of hydrogen-bond donors (Lipinski definition) is 1. The fraction of sp³-hybridized carbons (Fsp3) is 0.812. The van der Waals surface area contributed by atoms with E-state index in [0.717, 1.165) is 12.3 Å². The maximum Gasteiger partial charge on any atom is 0.303 e. The largest absolute Gasteiger partial charge is 0.481 e. The van der Waals surface area contributed by atoms with Gasteiger partial charge >= 0.3 is 5.97 Å². The number of aromatic nitrogens is 2. The van der Waals surface area contributed by atoms with Crippen molar-refractivity contribution in [1.29, 1.82) is 0 Å². The normalized spacial score (nSPS) is 22.2. The van der Waals surface area contributed by atoms with Crippen molar-refractivity contribution >= 4 is 5.97 Å². The van der Waals surface area contributed by atoms with Gasteiger partial charge in [0.1, 0.15) is 0 Å². The Morgan fingerprint density at radius 3 is 2.71 bits per heavy atom. The molecule has 118 valence electrons. The zero-order chi connectivity index (χ0) is 15.7. The van der Waals surface area contributed by atoms with Crippen LogP contribution in [0.4, 0.5) is 0 Å². The molecule has 5 nitrogen and oxygen atoms in total. The molecule has 1 saturated carbocycles. The second kappa shape index (κ2) is 5.78. The first-order chi connectivity index (χ1) is 9.70. The van der Waals surface area contributed by atoms with E-state index in [9.17, 15) is 4.79 Å². The molecule has 21 heavy (non-hydrogen) atoms. The summed E-state index contributed by atoms with van der Waals surface area (Å²) in [7, 11) is 0. The SMILES string of the molecule is CC(C)(CC(=O)O)Cc1nnc(C2CCCCC2(C)C)o1. The van der Waals surface area contributed by atoms with Gasteiger partial charge in [0.05, 0.1) is 6.42 Å². The van der Waals surface area contributed by atoms with E-state index in [2.05, 4.69) is 24.0 Å². The van der Waals surface area contributed by atoms with Crippen LogP contribution in [0.2, 0.25) is 0 Å². The monoisotopic (exact) mass is 294 g/mol. The topological polar surface area (TPSA) is 76.2 Å². The molecule has 0 aliphatic heterocycles. The summed E-state index contributed by atoms with van der Waals surface area (Å²) < 4.78 is 5.86. The molecule has 1 aromatic rings. The lowest BCUT2D eigenvalue weighted by molar-refractivity contribution is -0.139. The van der Waals surface area contributed by atoms with Gasteiger partial charge in [0.2, 0.25) is 11.8 Å². The van der Waals surface area contributed by atoms with E-state index in [4.69, 9.17) is 9.52 Å². The van der Waals surface area contributed by atoms with Crippen molar-refractivity contribution in [3.8, 4) is 0 Å². The van der Waals surface area contributed by atoms with E-state index in [-0.39, 0.29) is 17.3 Å². The maximum absolute atomic E-state index is 10.9. The summed E-state index contributed by atoms with van der Waals surface area (Å²) in [4.78, 5) is 10.9. The second-order valence-electron chi connectivity index (χ2n) is 7.73. The molecule has 1 fully saturated rings. The third kappa shape index (κ3) is 4.05. The van der Waals surface area contributed by atoms with E-state index in [1.165, 1.54) is 19.3 Å². The van der Waals surface area contributed by atoms with Crippen LogP contribution < -0.4 is 0 Å². The number of hydrogen-bond acceptors (Lipinski definition) is 4. The van der Waals surface area contributed by atoms with Gasteiger partial charge in [-0.2, -0.15) is 0 Å². The summed E-state index contributed by atoms with van der Waals surface area (Å²) in [6, 6.07) is 0. The molecule has 0 bridgehead atoms. The smallest absolute Gasteiger partial charge is 0.303 e. The minimum atomic E-state index is -0.798. The summed E-state index contributed by atoms with van der Waals surface area (Å²) in [6.45, 7) is 8.34. The van der Waals surface area contributed by atoms with Crippen molar-refractivity contribution in [2.75, 3.05) is 0 Å². The number of nitrogens with zero attached hydrogens (tertiary/aromatic N) is 2. The van der Waals surface area contributed by atoms with Gasteiger partial charge in [-0.1, -0.05) is 40.5 Å².